The summed E-state index contributed by atoms with van der Waals surface area (Å²) >= 11 is 0. The fourth-order valence-electron chi connectivity index (χ4n) is 3.60. The van der Waals surface area contributed by atoms with Crippen LogP contribution in [0, 0.1) is 12.4 Å². The van der Waals surface area contributed by atoms with E-state index in [0.29, 0.717) is 0 Å². The molecule has 0 aliphatic rings. The topological polar surface area (TPSA) is 12.0 Å². The van der Waals surface area contributed by atoms with E-state index in [0.717, 1.165) is 0 Å². The van der Waals surface area contributed by atoms with E-state index in [1.807, 2.05) is 0 Å². The Bertz CT molecular complexity index is 198. The summed E-state index contributed by atoms with van der Waals surface area (Å²) in [7, 11) is 0. The normalized spacial score (nSPS) is 10.8. The Kier molecular flexibility index (Phi) is 30.1. The maximum absolute atomic E-state index is 3.64. The summed E-state index contributed by atoms with van der Waals surface area (Å²) in [5.41, 5.74) is 0. The standard InChI is InChI=1S/C24H51N.ClH2/c1-3-5-7-9-11-13-15-17-19-21-23-25-24-22-20-18-16-14-12-10-8-6-4-2;/h25H,3-24H2,1-2H3;1H2/q;+1. The molecule has 0 aromatic carbocycles. The predicted molar refractivity (Wildman–Crippen MR) is 119 cm³/mol. The zero-order valence-corrected chi connectivity index (χ0v) is 19.4. The number of unbranched alkanes of at least 4 members (excludes halogenated alkanes) is 18. The van der Waals surface area contributed by atoms with E-state index in [1.165, 1.54) is 142 Å². The van der Waals surface area contributed by atoms with Gasteiger partial charge in [0.2, 0.25) is 0 Å². The minimum absolute atomic E-state index is 0. The second-order valence-electron chi connectivity index (χ2n) is 8.11. The van der Waals surface area contributed by atoms with E-state index in [4.69, 9.17) is 0 Å². The van der Waals surface area contributed by atoms with Crippen LogP contribution in [0.2, 0.25) is 0 Å². The van der Waals surface area contributed by atoms with Crippen LogP contribution in [-0.2, 0) is 0 Å². The number of halogens is 1. The fraction of sp³-hybridized carbons (Fsp3) is 1.00. The second kappa shape index (κ2) is 27.5. The summed E-state index contributed by atoms with van der Waals surface area (Å²) in [6.45, 7) is 7.08. The van der Waals surface area contributed by atoms with Gasteiger partial charge in [0, 0.05) is 0 Å². The third-order valence-electron chi connectivity index (χ3n) is 5.41. The van der Waals surface area contributed by atoms with Gasteiger partial charge in [0.1, 0.15) is 0 Å². The Morgan fingerprint density at radius 1 is 0.346 bits per heavy atom. The quantitative estimate of drug-likeness (QED) is 0.185. The summed E-state index contributed by atoms with van der Waals surface area (Å²) in [5.74, 6) is 0. The molecule has 0 amide bonds. The highest BCUT2D eigenvalue weighted by Gasteiger charge is 1.94. The first-order valence-corrected chi connectivity index (χ1v) is 12.1. The molecule has 0 aromatic rings. The Hall–Kier alpha value is 0.250. The molecule has 0 rings (SSSR count). The molecule has 1 nitrogen and oxygen atoms in total. The molecule has 0 spiro atoms. The zero-order chi connectivity index (χ0) is 18.3. The Morgan fingerprint density at radius 3 is 0.846 bits per heavy atom. The summed E-state index contributed by atoms with van der Waals surface area (Å²) in [4.78, 5) is 0. The maximum Gasteiger partial charge on any atom is 0.0903 e. The van der Waals surface area contributed by atoms with Crippen molar-refractivity contribution < 1.29 is 12.4 Å². The van der Waals surface area contributed by atoms with E-state index in [-0.39, 0.29) is 12.4 Å². The summed E-state index contributed by atoms with van der Waals surface area (Å²) in [6, 6.07) is 0. The van der Waals surface area contributed by atoms with Gasteiger partial charge in [0.25, 0.3) is 0 Å². The fourth-order valence-corrected chi connectivity index (χ4v) is 3.60. The van der Waals surface area contributed by atoms with Gasteiger partial charge in [-0.3, -0.25) is 0 Å². The molecule has 0 atom stereocenters. The van der Waals surface area contributed by atoms with Crippen molar-refractivity contribution in [1.29, 1.82) is 0 Å². The van der Waals surface area contributed by atoms with Gasteiger partial charge in [-0.25, -0.2) is 0 Å². The van der Waals surface area contributed by atoms with Gasteiger partial charge in [-0.15, -0.1) is 0 Å². The molecule has 26 heavy (non-hydrogen) atoms. The van der Waals surface area contributed by atoms with Crippen LogP contribution in [-0.4, -0.2) is 13.1 Å². The number of hydrogen-bond acceptors (Lipinski definition) is 1. The lowest BCUT2D eigenvalue weighted by Gasteiger charge is -2.05. The van der Waals surface area contributed by atoms with Gasteiger partial charge >= 0.3 is 0 Å². The van der Waals surface area contributed by atoms with Crippen LogP contribution in [0.1, 0.15) is 142 Å². The molecule has 0 fully saturated rings. The van der Waals surface area contributed by atoms with Gasteiger partial charge in [-0.1, -0.05) is 129 Å². The van der Waals surface area contributed by atoms with Crippen molar-refractivity contribution in [3.05, 3.63) is 0 Å². The maximum atomic E-state index is 3.64. The Morgan fingerprint density at radius 2 is 0.577 bits per heavy atom. The van der Waals surface area contributed by atoms with Crippen molar-refractivity contribution in [3.8, 4) is 0 Å². The van der Waals surface area contributed by atoms with Crippen LogP contribution in [0.4, 0.5) is 0 Å². The molecule has 0 bridgehead atoms. The lowest BCUT2D eigenvalue weighted by Crippen LogP contribution is -2.16. The van der Waals surface area contributed by atoms with Crippen molar-refractivity contribution in [2.75, 3.05) is 13.1 Å². The van der Waals surface area contributed by atoms with Crippen LogP contribution in [0.25, 0.3) is 0 Å². The molecule has 0 saturated heterocycles. The lowest BCUT2D eigenvalue weighted by atomic mass is 10.1. The highest BCUT2D eigenvalue weighted by molar-refractivity contribution is 4.53. The SMILES string of the molecule is CCCCCCCCCCCCNCCCCCCCCCCCC.[ClH2+]. The minimum Gasteiger partial charge on any atom is -0.317 e. The average molecular weight is 391 g/mol. The molecule has 160 valence electrons. The molecule has 0 radical (unpaired) electrons. The number of rotatable bonds is 22. The molecular formula is C24H53ClN+. The van der Waals surface area contributed by atoms with Gasteiger partial charge in [-0.05, 0) is 25.9 Å². The first-order chi connectivity index (χ1) is 12.4. The molecule has 0 saturated carbocycles. The zero-order valence-electron chi connectivity index (χ0n) is 18.5. The van der Waals surface area contributed by atoms with E-state index in [2.05, 4.69) is 19.2 Å². The number of nitrogens with one attached hydrogen (secondary N) is 1. The average Bonchev–Trinajstić information content (AvgIpc) is 2.63. The lowest BCUT2D eigenvalue weighted by molar-refractivity contribution is -0.00000568. The smallest absolute Gasteiger partial charge is 0.0903 e. The minimum atomic E-state index is 0. The van der Waals surface area contributed by atoms with Crippen LogP contribution in [0.5, 0.6) is 0 Å². The van der Waals surface area contributed by atoms with Gasteiger partial charge < -0.3 is 5.32 Å². The van der Waals surface area contributed by atoms with Gasteiger partial charge in [0.15, 0.2) is 0 Å². The summed E-state index contributed by atoms with van der Waals surface area (Å²) in [5, 5.41) is 3.64. The molecule has 0 aromatic heterocycles. The third-order valence-corrected chi connectivity index (χ3v) is 5.41. The first-order valence-electron chi connectivity index (χ1n) is 12.1. The van der Waals surface area contributed by atoms with E-state index >= 15 is 0 Å². The highest BCUT2D eigenvalue weighted by Crippen LogP contribution is 2.11. The summed E-state index contributed by atoms with van der Waals surface area (Å²) in [6.07, 6.45) is 28.8. The second-order valence-corrected chi connectivity index (χ2v) is 8.11. The largest absolute Gasteiger partial charge is 0.317 e. The van der Waals surface area contributed by atoms with Crippen LogP contribution in [0.3, 0.4) is 0 Å². The highest BCUT2D eigenvalue weighted by atomic mass is 35.5. The van der Waals surface area contributed by atoms with Crippen molar-refractivity contribution in [1.82, 2.24) is 5.32 Å². The Balaban J connectivity index is 0. The van der Waals surface area contributed by atoms with Crippen molar-refractivity contribution in [2.45, 2.75) is 142 Å². The van der Waals surface area contributed by atoms with Crippen molar-refractivity contribution in [3.63, 3.8) is 0 Å². The third kappa shape index (κ3) is 26.5. The summed E-state index contributed by atoms with van der Waals surface area (Å²) < 4.78 is 0. The van der Waals surface area contributed by atoms with Crippen LogP contribution >= 0.6 is 0 Å². The molecule has 2 heteroatoms. The van der Waals surface area contributed by atoms with Crippen molar-refractivity contribution in [2.24, 2.45) is 0 Å². The van der Waals surface area contributed by atoms with Crippen LogP contribution < -0.4 is 5.32 Å². The molecule has 0 heterocycles. The molecule has 1 N–H and O–H groups in total. The monoisotopic (exact) mass is 390 g/mol. The van der Waals surface area contributed by atoms with Crippen LogP contribution in [0.15, 0.2) is 0 Å². The predicted octanol–water partition coefficient (Wildman–Crippen LogP) is 7.88. The van der Waals surface area contributed by atoms with Crippen molar-refractivity contribution >= 4 is 0 Å². The molecule has 0 unspecified atom stereocenters. The Labute approximate surface area is 173 Å². The van der Waals surface area contributed by atoms with E-state index in [1.54, 1.807) is 0 Å². The number of hydrogen-bond donors (Lipinski definition) is 1. The molecular weight excluding hydrogens is 338 g/mol. The van der Waals surface area contributed by atoms with Gasteiger partial charge in [-0.2, -0.15) is 0 Å². The molecule has 0 aliphatic carbocycles. The molecule has 0 aliphatic heterocycles. The van der Waals surface area contributed by atoms with E-state index in [9.17, 15) is 0 Å². The van der Waals surface area contributed by atoms with E-state index < -0.39 is 0 Å². The van der Waals surface area contributed by atoms with Gasteiger partial charge in [0.05, 0.1) is 12.4 Å². The first kappa shape index (κ1) is 28.5.